The normalized spacial score (nSPS) is 11.9. The highest BCUT2D eigenvalue weighted by molar-refractivity contribution is 7.98. The summed E-state index contributed by atoms with van der Waals surface area (Å²) in [6.07, 6.45) is 2.01. The largest absolute Gasteiger partial charge is 0.325 e. The molecule has 0 heterocycles. The van der Waals surface area contributed by atoms with Crippen LogP contribution in [-0.2, 0) is 4.79 Å². The maximum atomic E-state index is 12.0. The molecule has 0 aliphatic rings. The monoisotopic (exact) mass is 291 g/mol. The van der Waals surface area contributed by atoms with E-state index in [4.69, 9.17) is 11.6 Å². The SMILES string of the molecule is CSc1ccc(NC(=O)C(Cl)c2ccccc2)cc1. The summed E-state index contributed by atoms with van der Waals surface area (Å²) in [5.41, 5.74) is 1.55. The predicted molar refractivity (Wildman–Crippen MR) is 81.9 cm³/mol. The molecule has 0 radical (unpaired) electrons. The Bertz CT molecular complexity index is 542. The van der Waals surface area contributed by atoms with Gasteiger partial charge in [-0.2, -0.15) is 0 Å². The zero-order valence-corrected chi connectivity index (χ0v) is 12.0. The number of carbonyl (C=O) groups is 1. The number of nitrogens with one attached hydrogen (secondary N) is 1. The van der Waals surface area contributed by atoms with E-state index in [1.165, 1.54) is 0 Å². The van der Waals surface area contributed by atoms with Gasteiger partial charge < -0.3 is 5.32 Å². The number of thioether (sulfide) groups is 1. The molecule has 0 spiro atoms. The van der Waals surface area contributed by atoms with E-state index in [-0.39, 0.29) is 5.91 Å². The molecule has 1 unspecified atom stereocenters. The van der Waals surface area contributed by atoms with Crippen molar-refractivity contribution >= 4 is 35.0 Å². The second-order valence-corrected chi connectivity index (χ2v) is 5.31. The van der Waals surface area contributed by atoms with Crippen LogP contribution in [-0.4, -0.2) is 12.2 Å². The fraction of sp³-hybridized carbons (Fsp3) is 0.133. The number of anilines is 1. The molecule has 2 aromatic rings. The van der Waals surface area contributed by atoms with Crippen LogP contribution >= 0.6 is 23.4 Å². The summed E-state index contributed by atoms with van der Waals surface area (Å²) in [5, 5.41) is 2.13. The van der Waals surface area contributed by atoms with Gasteiger partial charge in [0.1, 0.15) is 5.38 Å². The molecular weight excluding hydrogens is 278 g/mol. The first kappa shape index (κ1) is 14.0. The molecule has 0 aliphatic carbocycles. The summed E-state index contributed by atoms with van der Waals surface area (Å²) in [6.45, 7) is 0. The molecule has 2 rings (SSSR count). The van der Waals surface area contributed by atoms with E-state index in [1.54, 1.807) is 11.8 Å². The number of amides is 1. The Balaban J connectivity index is 2.04. The number of rotatable bonds is 4. The first-order valence-electron chi connectivity index (χ1n) is 5.84. The number of hydrogen-bond donors (Lipinski definition) is 1. The zero-order valence-electron chi connectivity index (χ0n) is 10.5. The standard InChI is InChI=1S/C15H14ClNOS/c1-19-13-9-7-12(8-10-13)17-15(18)14(16)11-5-3-2-4-6-11/h2-10,14H,1H3,(H,17,18). The van der Waals surface area contributed by atoms with Crippen molar-refractivity contribution in [3.05, 3.63) is 60.2 Å². The van der Waals surface area contributed by atoms with Crippen LogP contribution in [0.5, 0.6) is 0 Å². The molecule has 4 heteroatoms. The van der Waals surface area contributed by atoms with Crippen LogP contribution in [0.2, 0.25) is 0 Å². The molecule has 2 nitrogen and oxygen atoms in total. The van der Waals surface area contributed by atoms with E-state index in [0.29, 0.717) is 0 Å². The van der Waals surface area contributed by atoms with Gasteiger partial charge in [-0.3, -0.25) is 4.79 Å². The van der Waals surface area contributed by atoms with E-state index in [0.717, 1.165) is 16.1 Å². The van der Waals surface area contributed by atoms with Crippen molar-refractivity contribution in [1.29, 1.82) is 0 Å². The van der Waals surface area contributed by atoms with Gasteiger partial charge in [0.15, 0.2) is 0 Å². The van der Waals surface area contributed by atoms with Crippen LogP contribution in [0.1, 0.15) is 10.9 Å². The van der Waals surface area contributed by atoms with Crippen LogP contribution in [0, 0.1) is 0 Å². The molecule has 0 aliphatic heterocycles. The predicted octanol–water partition coefficient (Wildman–Crippen LogP) is 4.33. The van der Waals surface area contributed by atoms with Gasteiger partial charge in [-0.05, 0) is 36.1 Å². The lowest BCUT2D eigenvalue weighted by molar-refractivity contribution is -0.116. The van der Waals surface area contributed by atoms with Crippen LogP contribution in [0.4, 0.5) is 5.69 Å². The minimum absolute atomic E-state index is 0.218. The van der Waals surface area contributed by atoms with Gasteiger partial charge in [-0.1, -0.05) is 30.3 Å². The molecule has 0 bridgehead atoms. The van der Waals surface area contributed by atoms with Gasteiger partial charge in [0.2, 0.25) is 5.91 Å². The maximum Gasteiger partial charge on any atom is 0.246 e. The second kappa shape index (κ2) is 6.64. The number of hydrogen-bond acceptors (Lipinski definition) is 2. The van der Waals surface area contributed by atoms with Gasteiger partial charge in [0.05, 0.1) is 0 Å². The average molecular weight is 292 g/mol. The minimum atomic E-state index is -0.679. The molecule has 0 saturated heterocycles. The van der Waals surface area contributed by atoms with Crippen molar-refractivity contribution in [2.75, 3.05) is 11.6 Å². The number of benzene rings is 2. The Morgan fingerprint density at radius 2 is 1.74 bits per heavy atom. The van der Waals surface area contributed by atoms with E-state index < -0.39 is 5.38 Å². The summed E-state index contributed by atoms with van der Waals surface area (Å²) < 4.78 is 0. The number of carbonyl (C=O) groups excluding carboxylic acids is 1. The van der Waals surface area contributed by atoms with Crippen molar-refractivity contribution in [2.24, 2.45) is 0 Å². The van der Waals surface area contributed by atoms with E-state index in [2.05, 4.69) is 5.32 Å². The highest BCUT2D eigenvalue weighted by Crippen LogP contribution is 2.23. The van der Waals surface area contributed by atoms with Crippen molar-refractivity contribution < 1.29 is 4.79 Å². The molecule has 0 aromatic heterocycles. The van der Waals surface area contributed by atoms with Crippen molar-refractivity contribution in [2.45, 2.75) is 10.3 Å². The first-order valence-corrected chi connectivity index (χ1v) is 7.51. The second-order valence-electron chi connectivity index (χ2n) is 3.99. The highest BCUT2D eigenvalue weighted by atomic mass is 35.5. The topological polar surface area (TPSA) is 29.1 Å². The average Bonchev–Trinajstić information content (AvgIpc) is 2.48. The molecule has 98 valence electrons. The minimum Gasteiger partial charge on any atom is -0.325 e. The van der Waals surface area contributed by atoms with Gasteiger partial charge >= 0.3 is 0 Å². The maximum absolute atomic E-state index is 12.0. The van der Waals surface area contributed by atoms with Crippen LogP contribution in [0.3, 0.4) is 0 Å². The van der Waals surface area contributed by atoms with E-state index in [9.17, 15) is 4.79 Å². The first-order chi connectivity index (χ1) is 9.20. The smallest absolute Gasteiger partial charge is 0.246 e. The van der Waals surface area contributed by atoms with Crippen molar-refractivity contribution in [3.8, 4) is 0 Å². The summed E-state index contributed by atoms with van der Waals surface area (Å²) >= 11 is 7.81. The quantitative estimate of drug-likeness (QED) is 0.671. The van der Waals surface area contributed by atoms with Gasteiger partial charge in [0, 0.05) is 10.6 Å². The van der Waals surface area contributed by atoms with E-state index in [1.807, 2.05) is 60.9 Å². The lowest BCUT2D eigenvalue weighted by atomic mass is 10.1. The summed E-state index contributed by atoms with van der Waals surface area (Å²) in [6, 6.07) is 17.0. The highest BCUT2D eigenvalue weighted by Gasteiger charge is 2.17. The van der Waals surface area contributed by atoms with Crippen LogP contribution in [0.15, 0.2) is 59.5 Å². The van der Waals surface area contributed by atoms with Crippen LogP contribution < -0.4 is 5.32 Å². The van der Waals surface area contributed by atoms with Crippen LogP contribution in [0.25, 0.3) is 0 Å². The fourth-order valence-electron chi connectivity index (χ4n) is 1.65. The zero-order chi connectivity index (χ0) is 13.7. The molecule has 1 amide bonds. The van der Waals surface area contributed by atoms with Crippen molar-refractivity contribution in [3.63, 3.8) is 0 Å². The molecule has 1 atom stereocenters. The molecule has 0 fully saturated rings. The van der Waals surface area contributed by atoms with Gasteiger partial charge in [-0.15, -0.1) is 23.4 Å². The Hall–Kier alpha value is -1.45. The molecular formula is C15H14ClNOS. The Kier molecular flexibility index (Phi) is 4.88. The van der Waals surface area contributed by atoms with E-state index >= 15 is 0 Å². The van der Waals surface area contributed by atoms with Crippen molar-refractivity contribution in [1.82, 2.24) is 0 Å². The third-order valence-corrected chi connectivity index (χ3v) is 3.87. The third kappa shape index (κ3) is 3.75. The molecule has 19 heavy (non-hydrogen) atoms. The third-order valence-electron chi connectivity index (χ3n) is 2.68. The molecule has 2 aromatic carbocycles. The summed E-state index contributed by atoms with van der Waals surface area (Å²) in [7, 11) is 0. The Morgan fingerprint density at radius 1 is 1.11 bits per heavy atom. The number of alkyl halides is 1. The fourth-order valence-corrected chi connectivity index (χ4v) is 2.26. The molecule has 1 N–H and O–H groups in total. The molecule has 0 saturated carbocycles. The summed E-state index contributed by atoms with van der Waals surface area (Å²) in [5.74, 6) is -0.218. The number of halogens is 1. The lowest BCUT2D eigenvalue weighted by Gasteiger charge is -2.11. The van der Waals surface area contributed by atoms with Gasteiger partial charge in [0.25, 0.3) is 0 Å². The Labute approximate surface area is 122 Å². The lowest BCUT2D eigenvalue weighted by Crippen LogP contribution is -2.17. The van der Waals surface area contributed by atoms with Gasteiger partial charge in [-0.25, -0.2) is 0 Å². The Morgan fingerprint density at radius 3 is 2.32 bits per heavy atom. The summed E-state index contributed by atoms with van der Waals surface area (Å²) in [4.78, 5) is 13.2.